The first-order valence-corrected chi connectivity index (χ1v) is 8.34. The lowest BCUT2D eigenvalue weighted by atomic mass is 10.1. The normalized spacial score (nSPS) is 10.7. The Morgan fingerprint density at radius 3 is 2.58 bits per heavy atom. The topological polar surface area (TPSA) is 78.3 Å². The fraction of sp³-hybridized carbons (Fsp3) is 0.158. The molecule has 6 nitrogen and oxygen atoms in total. The molecule has 0 N–H and O–H groups in total. The zero-order valence-electron chi connectivity index (χ0n) is 13.9. The minimum Gasteiger partial charge on any atom is -0.462 e. The molecule has 0 atom stereocenters. The highest BCUT2D eigenvalue weighted by Gasteiger charge is 2.24. The number of ketones is 1. The number of halogens is 1. The molecule has 0 bridgehead atoms. The Morgan fingerprint density at radius 2 is 1.88 bits per heavy atom. The van der Waals surface area contributed by atoms with Gasteiger partial charge in [0, 0.05) is 17.1 Å². The van der Waals surface area contributed by atoms with Crippen LogP contribution in [0.1, 0.15) is 27.6 Å². The van der Waals surface area contributed by atoms with Gasteiger partial charge in [0.2, 0.25) is 0 Å². The minimum absolute atomic E-state index is 0.0278. The predicted octanol–water partition coefficient (Wildman–Crippen LogP) is 3.11. The first kappa shape index (κ1) is 17.8. The van der Waals surface area contributed by atoms with Crippen LogP contribution in [0.25, 0.3) is 11.0 Å². The van der Waals surface area contributed by atoms with Crippen LogP contribution in [0.4, 0.5) is 0 Å². The Labute approximate surface area is 154 Å². The molecule has 2 heterocycles. The van der Waals surface area contributed by atoms with E-state index < -0.39 is 11.5 Å². The van der Waals surface area contributed by atoms with Gasteiger partial charge in [0.1, 0.15) is 11.2 Å². The van der Waals surface area contributed by atoms with Crippen molar-refractivity contribution < 1.29 is 14.3 Å². The van der Waals surface area contributed by atoms with Crippen molar-refractivity contribution in [2.24, 2.45) is 0 Å². The van der Waals surface area contributed by atoms with E-state index in [1.54, 1.807) is 49.4 Å². The molecule has 0 aliphatic heterocycles. The van der Waals surface area contributed by atoms with E-state index in [0.717, 1.165) is 4.57 Å². The maximum absolute atomic E-state index is 12.9. The van der Waals surface area contributed by atoms with Crippen LogP contribution in [0, 0.1) is 0 Å². The summed E-state index contributed by atoms with van der Waals surface area (Å²) in [5.74, 6) is -1.11. The predicted molar refractivity (Wildman–Crippen MR) is 97.7 cm³/mol. The van der Waals surface area contributed by atoms with Crippen LogP contribution >= 0.6 is 11.6 Å². The van der Waals surface area contributed by atoms with Crippen LogP contribution in [0.3, 0.4) is 0 Å². The van der Waals surface area contributed by atoms with Crippen LogP contribution < -0.4 is 5.56 Å². The molecule has 3 rings (SSSR count). The molecule has 0 spiro atoms. The van der Waals surface area contributed by atoms with Crippen molar-refractivity contribution >= 4 is 34.4 Å². The lowest BCUT2D eigenvalue weighted by Crippen LogP contribution is -2.31. The summed E-state index contributed by atoms with van der Waals surface area (Å²) in [6, 6.07) is 11.8. The van der Waals surface area contributed by atoms with Gasteiger partial charge < -0.3 is 4.74 Å². The van der Waals surface area contributed by atoms with Crippen molar-refractivity contribution in [1.82, 2.24) is 9.55 Å². The number of pyridine rings is 2. The highest BCUT2D eigenvalue weighted by Crippen LogP contribution is 2.24. The number of aromatic nitrogens is 2. The van der Waals surface area contributed by atoms with Gasteiger partial charge in [0.25, 0.3) is 5.56 Å². The molecule has 2 aromatic heterocycles. The summed E-state index contributed by atoms with van der Waals surface area (Å²) >= 11 is 6.26. The van der Waals surface area contributed by atoms with Crippen molar-refractivity contribution in [1.29, 1.82) is 0 Å². The number of hydrogen-bond acceptors (Lipinski definition) is 5. The highest BCUT2D eigenvalue weighted by molar-refractivity contribution is 6.38. The van der Waals surface area contributed by atoms with E-state index in [4.69, 9.17) is 16.3 Å². The lowest BCUT2D eigenvalue weighted by Gasteiger charge is -2.13. The molecule has 0 saturated heterocycles. The third kappa shape index (κ3) is 3.23. The maximum Gasteiger partial charge on any atom is 0.345 e. The van der Waals surface area contributed by atoms with E-state index in [0.29, 0.717) is 10.9 Å². The smallest absolute Gasteiger partial charge is 0.345 e. The molecule has 0 amide bonds. The Morgan fingerprint density at radius 1 is 1.15 bits per heavy atom. The largest absolute Gasteiger partial charge is 0.462 e. The summed E-state index contributed by atoms with van der Waals surface area (Å²) in [5, 5.41) is 0.373. The quantitative estimate of drug-likeness (QED) is 0.509. The molecular weight excluding hydrogens is 356 g/mol. The fourth-order valence-corrected chi connectivity index (χ4v) is 2.93. The van der Waals surface area contributed by atoms with Crippen molar-refractivity contribution in [2.45, 2.75) is 13.5 Å². The average Bonchev–Trinajstić information content (AvgIpc) is 2.66. The third-order valence-corrected chi connectivity index (χ3v) is 4.23. The van der Waals surface area contributed by atoms with Crippen LogP contribution in [0.2, 0.25) is 5.02 Å². The molecule has 0 unspecified atom stereocenters. The third-order valence-electron chi connectivity index (χ3n) is 3.83. The van der Waals surface area contributed by atoms with E-state index >= 15 is 0 Å². The second-order valence-corrected chi connectivity index (χ2v) is 5.84. The van der Waals surface area contributed by atoms with Crippen molar-refractivity contribution in [3.8, 4) is 0 Å². The second-order valence-electron chi connectivity index (χ2n) is 5.46. The summed E-state index contributed by atoms with van der Waals surface area (Å²) in [6.07, 6.45) is 1.49. The second kappa shape index (κ2) is 7.49. The first-order valence-electron chi connectivity index (χ1n) is 7.97. The number of carbonyl (C=O) groups is 2. The zero-order valence-corrected chi connectivity index (χ0v) is 14.7. The van der Waals surface area contributed by atoms with Gasteiger partial charge in [-0.25, -0.2) is 9.78 Å². The minimum atomic E-state index is -0.825. The monoisotopic (exact) mass is 370 g/mol. The number of carbonyl (C=O) groups excluding carboxylic acids is 2. The summed E-state index contributed by atoms with van der Waals surface area (Å²) in [4.78, 5) is 41.8. The van der Waals surface area contributed by atoms with E-state index in [1.165, 1.54) is 6.20 Å². The highest BCUT2D eigenvalue weighted by atomic mass is 35.5. The van der Waals surface area contributed by atoms with Gasteiger partial charge in [-0.2, -0.15) is 0 Å². The molecule has 0 aliphatic rings. The number of ether oxygens (including phenoxy) is 1. The number of benzene rings is 1. The van der Waals surface area contributed by atoms with Gasteiger partial charge in [0.05, 0.1) is 18.2 Å². The Balaban J connectivity index is 2.19. The van der Waals surface area contributed by atoms with E-state index in [-0.39, 0.29) is 35.2 Å². The number of Topliss-reactive ketones (excluding diaryl/α,β-unsaturated/α-hetero) is 1. The Hall–Kier alpha value is -2.99. The van der Waals surface area contributed by atoms with Crippen molar-refractivity contribution in [3.05, 3.63) is 75.2 Å². The number of nitrogens with zero attached hydrogens (tertiary/aromatic N) is 2. The molecule has 0 aliphatic carbocycles. The van der Waals surface area contributed by atoms with Crippen LogP contribution in [0.5, 0.6) is 0 Å². The van der Waals surface area contributed by atoms with Crippen LogP contribution in [-0.4, -0.2) is 27.9 Å². The van der Waals surface area contributed by atoms with Gasteiger partial charge in [0.15, 0.2) is 5.78 Å². The molecule has 26 heavy (non-hydrogen) atoms. The van der Waals surface area contributed by atoms with Crippen molar-refractivity contribution in [2.75, 3.05) is 6.61 Å². The Kier molecular flexibility index (Phi) is 5.14. The SMILES string of the molecule is CCOC(=O)c1c(Cl)c2cccnc2n(CC(=O)c2ccccc2)c1=O. The molecule has 0 radical (unpaired) electrons. The molecule has 3 aromatic rings. The average molecular weight is 371 g/mol. The summed E-state index contributed by atoms with van der Waals surface area (Å²) in [5.41, 5.74) is -0.310. The maximum atomic E-state index is 12.9. The van der Waals surface area contributed by atoms with E-state index in [2.05, 4.69) is 4.98 Å². The molecule has 7 heteroatoms. The Bertz CT molecular complexity index is 1040. The molecular formula is C19H15ClN2O4. The lowest BCUT2D eigenvalue weighted by molar-refractivity contribution is 0.0523. The van der Waals surface area contributed by atoms with E-state index in [1.807, 2.05) is 0 Å². The summed E-state index contributed by atoms with van der Waals surface area (Å²) in [6.45, 7) is 1.47. The van der Waals surface area contributed by atoms with Gasteiger partial charge in [-0.05, 0) is 19.1 Å². The number of rotatable bonds is 5. The zero-order chi connectivity index (χ0) is 18.7. The number of esters is 1. The van der Waals surface area contributed by atoms with E-state index in [9.17, 15) is 14.4 Å². The molecule has 0 fully saturated rings. The van der Waals surface area contributed by atoms with Gasteiger partial charge in [-0.3, -0.25) is 14.2 Å². The van der Waals surface area contributed by atoms with Gasteiger partial charge in [-0.1, -0.05) is 41.9 Å². The standard InChI is InChI=1S/C19H15ClN2O4/c1-2-26-19(25)15-16(20)13-9-6-10-21-17(13)22(18(15)24)11-14(23)12-7-4-3-5-8-12/h3-10H,2,11H2,1H3. The number of hydrogen-bond donors (Lipinski definition) is 0. The van der Waals surface area contributed by atoms with Crippen molar-refractivity contribution in [3.63, 3.8) is 0 Å². The summed E-state index contributed by atoms with van der Waals surface area (Å²) < 4.78 is 6.10. The van der Waals surface area contributed by atoms with Crippen LogP contribution in [-0.2, 0) is 11.3 Å². The first-order chi connectivity index (χ1) is 12.5. The van der Waals surface area contributed by atoms with Gasteiger partial charge in [-0.15, -0.1) is 0 Å². The summed E-state index contributed by atoms with van der Waals surface area (Å²) in [7, 11) is 0. The number of fused-ring (bicyclic) bond motifs is 1. The molecule has 0 saturated carbocycles. The molecule has 132 valence electrons. The molecule has 1 aromatic carbocycles. The van der Waals surface area contributed by atoms with Crippen LogP contribution in [0.15, 0.2) is 53.5 Å². The fourth-order valence-electron chi connectivity index (χ4n) is 2.63. The van der Waals surface area contributed by atoms with Gasteiger partial charge >= 0.3 is 5.97 Å².